The highest BCUT2D eigenvalue weighted by Gasteiger charge is 2.33. The number of piperazine rings is 1. The van der Waals surface area contributed by atoms with E-state index in [4.69, 9.17) is 0 Å². The molecule has 2 aromatic carbocycles. The Morgan fingerprint density at radius 1 is 0.981 bits per heavy atom. The van der Waals surface area contributed by atoms with Gasteiger partial charge in [0.15, 0.2) is 0 Å². The zero-order valence-electron chi connectivity index (χ0n) is 29.2. The summed E-state index contributed by atoms with van der Waals surface area (Å²) < 4.78 is 46.5. The summed E-state index contributed by atoms with van der Waals surface area (Å²) in [4.78, 5) is 55.4. The third kappa shape index (κ3) is 8.32. The van der Waals surface area contributed by atoms with Crippen LogP contribution in [0.1, 0.15) is 37.7 Å². The first-order valence-corrected chi connectivity index (χ1v) is 17.8. The van der Waals surface area contributed by atoms with E-state index in [-0.39, 0.29) is 47.0 Å². The van der Waals surface area contributed by atoms with E-state index < -0.39 is 12.4 Å². The summed E-state index contributed by atoms with van der Waals surface area (Å²) in [5.74, 6) is -0.508. The molecule has 1 atom stereocenters. The molecule has 0 bridgehead atoms. The van der Waals surface area contributed by atoms with Crippen LogP contribution < -0.4 is 25.8 Å². The minimum Gasteiger partial charge on any atom is -0.405 e. The fourth-order valence-electron chi connectivity index (χ4n) is 7.42. The molecular weight excluding hydrogens is 693 g/mol. The van der Waals surface area contributed by atoms with Crippen LogP contribution in [0.2, 0.25) is 0 Å². The molecule has 3 N–H and O–H groups in total. The van der Waals surface area contributed by atoms with Gasteiger partial charge < -0.3 is 24.4 Å². The molecule has 3 fully saturated rings. The predicted octanol–water partition coefficient (Wildman–Crippen LogP) is 4.00. The Labute approximate surface area is 303 Å². The fourth-order valence-corrected chi connectivity index (χ4v) is 7.42. The molecule has 2 aromatic heterocycles. The first kappa shape index (κ1) is 36.0. The quantitative estimate of drug-likeness (QED) is 0.218. The van der Waals surface area contributed by atoms with Gasteiger partial charge in [0, 0.05) is 99.8 Å². The molecular formula is C37H41F3N8O5. The van der Waals surface area contributed by atoms with Crippen molar-refractivity contribution < 1.29 is 32.3 Å². The van der Waals surface area contributed by atoms with Gasteiger partial charge in [0.25, 0.3) is 5.56 Å². The number of nitrogens with one attached hydrogen (secondary N) is 3. The largest absolute Gasteiger partial charge is 0.573 e. The zero-order valence-corrected chi connectivity index (χ0v) is 29.2. The number of aromatic nitrogens is 3. The Morgan fingerprint density at radius 3 is 2.42 bits per heavy atom. The van der Waals surface area contributed by atoms with Crippen molar-refractivity contribution in [1.82, 2.24) is 29.9 Å². The molecule has 0 saturated carbocycles. The van der Waals surface area contributed by atoms with Crippen molar-refractivity contribution in [1.29, 1.82) is 0 Å². The number of aromatic amines is 1. The van der Waals surface area contributed by atoms with Crippen LogP contribution in [0.15, 0.2) is 59.7 Å². The van der Waals surface area contributed by atoms with E-state index in [1.807, 2.05) is 34.1 Å². The van der Waals surface area contributed by atoms with Gasteiger partial charge in [-0.15, -0.1) is 13.2 Å². The summed E-state index contributed by atoms with van der Waals surface area (Å²) in [6.45, 7) is 3.87. The average molecular weight is 735 g/mol. The summed E-state index contributed by atoms with van der Waals surface area (Å²) in [6.07, 6.45) is 1.14. The van der Waals surface area contributed by atoms with E-state index in [0.29, 0.717) is 67.5 Å². The third-order valence-electron chi connectivity index (χ3n) is 10.4. The lowest BCUT2D eigenvalue weighted by molar-refractivity contribution is -0.275. The second-order valence-electron chi connectivity index (χ2n) is 14.0. The highest BCUT2D eigenvalue weighted by Crippen LogP contribution is 2.35. The zero-order chi connectivity index (χ0) is 37.3. The molecule has 1 unspecified atom stereocenters. The topological polar surface area (TPSA) is 145 Å². The third-order valence-corrected chi connectivity index (χ3v) is 10.4. The maximum Gasteiger partial charge on any atom is 0.573 e. The van der Waals surface area contributed by atoms with Gasteiger partial charge in [-0.25, -0.2) is 0 Å². The number of imide groups is 1. The van der Waals surface area contributed by atoms with Crippen molar-refractivity contribution in [3.05, 3.63) is 70.8 Å². The van der Waals surface area contributed by atoms with Crippen molar-refractivity contribution in [3.8, 4) is 16.9 Å². The normalized spacial score (nSPS) is 19.1. The molecule has 13 nitrogen and oxygen atoms in total. The standard InChI is InChI=1S/C37H41F3N8O5/c1-45-22-29(28-20-41-44-34(28)36(45)52)24-2-3-25(31(19-24)53-37(38,39)40)21-46-14-16-48(17-15-46)33(50)18-23-10-12-47(13-11-23)27-6-4-26(5-7-27)42-30-8-9-32(49)43-35(30)51/h2-7,19-20,22-23,30,42H,8-18,21H2,1H3,(H,41,44)(H,43,49,51). The van der Waals surface area contributed by atoms with E-state index in [1.54, 1.807) is 25.4 Å². The lowest BCUT2D eigenvalue weighted by Crippen LogP contribution is -2.49. The van der Waals surface area contributed by atoms with Crippen LogP contribution >= 0.6 is 0 Å². The summed E-state index contributed by atoms with van der Waals surface area (Å²) >= 11 is 0. The van der Waals surface area contributed by atoms with E-state index in [9.17, 15) is 32.3 Å². The van der Waals surface area contributed by atoms with Crippen LogP contribution in [0, 0.1) is 5.92 Å². The summed E-state index contributed by atoms with van der Waals surface area (Å²) in [6, 6.07) is 12.1. The molecule has 7 rings (SSSR count). The van der Waals surface area contributed by atoms with Crippen LogP contribution in [-0.4, -0.2) is 94.0 Å². The van der Waals surface area contributed by atoms with Crippen LogP contribution in [0.3, 0.4) is 0 Å². The first-order valence-electron chi connectivity index (χ1n) is 17.8. The number of carbonyl (C=O) groups excluding carboxylic acids is 3. The maximum atomic E-state index is 13.5. The van der Waals surface area contributed by atoms with Gasteiger partial charge in [0.1, 0.15) is 17.3 Å². The molecule has 0 spiro atoms. The number of anilines is 2. The van der Waals surface area contributed by atoms with Gasteiger partial charge in [-0.05, 0) is 61.1 Å². The number of amides is 3. The lowest BCUT2D eigenvalue weighted by Gasteiger charge is -2.37. The molecule has 16 heteroatoms. The number of halogens is 3. The van der Waals surface area contributed by atoms with Crippen LogP contribution in [0.5, 0.6) is 5.75 Å². The Hall–Kier alpha value is -5.38. The molecule has 0 aliphatic carbocycles. The number of pyridine rings is 1. The van der Waals surface area contributed by atoms with Crippen molar-refractivity contribution in [2.24, 2.45) is 13.0 Å². The number of hydrogen-bond donors (Lipinski definition) is 3. The molecule has 3 aliphatic rings. The van der Waals surface area contributed by atoms with Crippen molar-refractivity contribution in [2.75, 3.05) is 49.5 Å². The highest BCUT2D eigenvalue weighted by atomic mass is 19.4. The average Bonchev–Trinajstić information content (AvgIpc) is 3.63. The molecule has 5 heterocycles. The van der Waals surface area contributed by atoms with Crippen LogP contribution in [0.4, 0.5) is 24.5 Å². The second kappa shape index (κ2) is 14.9. The van der Waals surface area contributed by atoms with Gasteiger partial charge >= 0.3 is 6.36 Å². The number of H-pyrrole nitrogens is 1. The molecule has 53 heavy (non-hydrogen) atoms. The number of benzene rings is 2. The first-order chi connectivity index (χ1) is 25.4. The minimum absolute atomic E-state index is 0.0974. The Kier molecular flexibility index (Phi) is 10.1. The number of aryl methyl sites for hydroxylation is 1. The number of fused-ring (bicyclic) bond motifs is 1. The number of ether oxygens (including phenoxy) is 1. The van der Waals surface area contributed by atoms with E-state index >= 15 is 0 Å². The number of piperidine rings is 2. The summed E-state index contributed by atoms with van der Waals surface area (Å²) in [7, 11) is 1.57. The lowest BCUT2D eigenvalue weighted by atomic mass is 9.92. The number of carbonyl (C=O) groups is 3. The number of rotatable bonds is 9. The Balaban J connectivity index is 0.901. The predicted molar refractivity (Wildman–Crippen MR) is 191 cm³/mol. The van der Waals surface area contributed by atoms with E-state index in [0.717, 1.165) is 37.3 Å². The molecule has 3 saturated heterocycles. The molecule has 3 amide bonds. The molecule has 280 valence electrons. The summed E-state index contributed by atoms with van der Waals surface area (Å²) in [5.41, 5.74) is 3.21. The smallest absolute Gasteiger partial charge is 0.405 e. The molecule has 0 radical (unpaired) electrons. The van der Waals surface area contributed by atoms with Gasteiger partial charge in [0.2, 0.25) is 17.7 Å². The number of nitrogens with zero attached hydrogens (tertiary/aromatic N) is 5. The fraction of sp³-hybridized carbons (Fsp3) is 0.432. The van der Waals surface area contributed by atoms with Gasteiger partial charge in [0.05, 0.1) is 6.20 Å². The SMILES string of the molecule is Cn1cc(-c2ccc(CN3CCN(C(=O)CC4CCN(c5ccc(NC6CCC(=O)NC6=O)cc5)CC4)CC3)c(OC(F)(F)F)c2)c2cn[nH]c2c1=O. The molecule has 3 aliphatic heterocycles. The van der Waals surface area contributed by atoms with Gasteiger partial charge in [-0.2, -0.15) is 5.10 Å². The van der Waals surface area contributed by atoms with Gasteiger partial charge in [-0.1, -0.05) is 12.1 Å². The second-order valence-corrected chi connectivity index (χ2v) is 14.0. The Morgan fingerprint density at radius 2 is 1.72 bits per heavy atom. The van der Waals surface area contributed by atoms with Gasteiger partial charge in [-0.3, -0.25) is 34.5 Å². The Bertz CT molecular complexity index is 2050. The molecule has 4 aromatic rings. The van der Waals surface area contributed by atoms with Crippen molar-refractivity contribution in [2.45, 2.75) is 51.1 Å². The number of alkyl halides is 3. The van der Waals surface area contributed by atoms with E-state index in [2.05, 4.69) is 30.5 Å². The summed E-state index contributed by atoms with van der Waals surface area (Å²) in [5, 5.41) is 12.7. The van der Waals surface area contributed by atoms with Crippen LogP contribution in [0.25, 0.3) is 22.0 Å². The van der Waals surface area contributed by atoms with Crippen molar-refractivity contribution in [3.63, 3.8) is 0 Å². The number of hydrogen-bond acceptors (Lipinski definition) is 9. The van der Waals surface area contributed by atoms with Crippen molar-refractivity contribution >= 4 is 40.0 Å². The van der Waals surface area contributed by atoms with E-state index in [1.165, 1.54) is 16.8 Å². The maximum absolute atomic E-state index is 13.5. The monoisotopic (exact) mass is 734 g/mol. The van der Waals surface area contributed by atoms with Crippen LogP contribution in [-0.2, 0) is 28.0 Å². The minimum atomic E-state index is -4.90. The highest BCUT2D eigenvalue weighted by molar-refractivity contribution is 6.01.